The molecule has 0 aliphatic carbocycles. The second kappa shape index (κ2) is 10.6. The molecule has 3 rings (SSSR count). The maximum Gasteiger partial charge on any atom is 0.300 e. The minimum Gasteiger partial charge on any atom is -0.493 e. The Morgan fingerprint density at radius 3 is 2.72 bits per heavy atom. The Hall–Kier alpha value is -3.66. The van der Waals surface area contributed by atoms with Gasteiger partial charge in [-0.3, -0.25) is 19.0 Å². The first kappa shape index (κ1) is 21.6. The van der Waals surface area contributed by atoms with Gasteiger partial charge in [0.1, 0.15) is 6.61 Å². The Kier molecular flexibility index (Phi) is 7.92. The van der Waals surface area contributed by atoms with Gasteiger partial charge in [0.05, 0.1) is 31.7 Å². The lowest BCUT2D eigenvalue weighted by molar-refractivity contribution is -0.134. The Morgan fingerprint density at radius 2 is 2.03 bits per heavy atom. The molecule has 2 aromatic heterocycles. The number of benzene rings is 1. The minimum atomic E-state index is -0.833. The number of aliphatic carboxylic acids is 1. The molecule has 29 heavy (non-hydrogen) atoms. The van der Waals surface area contributed by atoms with Gasteiger partial charge in [0, 0.05) is 31.4 Å². The van der Waals surface area contributed by atoms with Crippen molar-refractivity contribution >= 4 is 17.5 Å². The van der Waals surface area contributed by atoms with E-state index in [2.05, 4.69) is 15.3 Å². The minimum absolute atomic E-state index is 0.218. The van der Waals surface area contributed by atoms with Crippen molar-refractivity contribution in [1.82, 2.24) is 19.7 Å². The topological polar surface area (TPSA) is 141 Å². The Bertz CT molecular complexity index is 969. The molecule has 1 aromatic carbocycles. The molecule has 2 heterocycles. The molecule has 0 bridgehead atoms. The number of aromatic nitrogens is 3. The second-order valence-corrected chi connectivity index (χ2v) is 5.76. The number of nitrogens with one attached hydrogen (secondary N) is 1. The van der Waals surface area contributed by atoms with E-state index in [9.17, 15) is 4.79 Å². The van der Waals surface area contributed by atoms with E-state index in [1.165, 1.54) is 0 Å². The van der Waals surface area contributed by atoms with E-state index in [-0.39, 0.29) is 5.91 Å². The first-order chi connectivity index (χ1) is 14.0. The van der Waals surface area contributed by atoms with Crippen LogP contribution < -0.4 is 20.5 Å². The summed E-state index contributed by atoms with van der Waals surface area (Å²) in [5.41, 5.74) is 7.52. The third kappa shape index (κ3) is 6.18. The maximum absolute atomic E-state index is 12.4. The van der Waals surface area contributed by atoms with Crippen molar-refractivity contribution in [3.05, 3.63) is 54.2 Å². The molecule has 0 radical (unpaired) electrons. The van der Waals surface area contributed by atoms with Crippen LogP contribution >= 0.6 is 0 Å². The summed E-state index contributed by atoms with van der Waals surface area (Å²) >= 11 is 0. The van der Waals surface area contributed by atoms with Crippen molar-refractivity contribution in [2.24, 2.45) is 5.73 Å². The number of carboxylic acid groups (broad SMARTS) is 1. The van der Waals surface area contributed by atoms with Crippen LogP contribution in [0.15, 0.2) is 43.0 Å². The van der Waals surface area contributed by atoms with Crippen LogP contribution in [0.25, 0.3) is 5.65 Å². The summed E-state index contributed by atoms with van der Waals surface area (Å²) in [6.07, 6.45) is 6.84. The Labute approximate surface area is 167 Å². The molecule has 4 N–H and O–H groups in total. The number of hydrogen-bond acceptors (Lipinski definition) is 7. The number of methoxy groups -OCH3 is 1. The number of imidazole rings is 1. The summed E-state index contributed by atoms with van der Waals surface area (Å²) in [5, 5.41) is 10.3. The normalized spacial score (nSPS) is 10.0. The Morgan fingerprint density at radius 1 is 1.28 bits per heavy atom. The summed E-state index contributed by atoms with van der Waals surface area (Å²) in [6.45, 7) is 2.15. The van der Waals surface area contributed by atoms with Crippen LogP contribution in [0.4, 0.5) is 0 Å². The zero-order valence-electron chi connectivity index (χ0n) is 16.2. The van der Waals surface area contributed by atoms with Crippen LogP contribution in [0, 0.1) is 0 Å². The van der Waals surface area contributed by atoms with E-state index in [4.69, 9.17) is 25.1 Å². The van der Waals surface area contributed by atoms with Crippen LogP contribution in [0.2, 0.25) is 0 Å². The van der Waals surface area contributed by atoms with Crippen LogP contribution in [0.3, 0.4) is 0 Å². The van der Waals surface area contributed by atoms with Gasteiger partial charge < -0.3 is 25.6 Å². The highest BCUT2D eigenvalue weighted by Gasteiger charge is 2.12. The lowest BCUT2D eigenvalue weighted by Crippen LogP contribution is -2.23. The smallest absolute Gasteiger partial charge is 0.300 e. The van der Waals surface area contributed by atoms with E-state index in [1.807, 2.05) is 4.40 Å². The zero-order chi connectivity index (χ0) is 21.2. The second-order valence-electron chi connectivity index (χ2n) is 5.76. The molecule has 154 valence electrons. The van der Waals surface area contributed by atoms with Crippen molar-refractivity contribution in [3.63, 3.8) is 0 Å². The summed E-state index contributed by atoms with van der Waals surface area (Å²) in [6, 6.07) is 5.02. The number of carbonyl (C=O) groups excluding carboxylic acids is 1. The molecule has 0 fully saturated rings. The molecule has 0 aliphatic rings. The number of ether oxygens (including phenoxy) is 2. The van der Waals surface area contributed by atoms with E-state index >= 15 is 0 Å². The third-order valence-electron chi connectivity index (χ3n) is 3.63. The fourth-order valence-corrected chi connectivity index (χ4v) is 2.40. The molecule has 0 saturated heterocycles. The van der Waals surface area contributed by atoms with Crippen LogP contribution in [0.5, 0.6) is 11.5 Å². The quantitative estimate of drug-likeness (QED) is 0.534. The number of nitrogens with two attached hydrogens (primary N) is 1. The van der Waals surface area contributed by atoms with E-state index in [0.29, 0.717) is 36.8 Å². The van der Waals surface area contributed by atoms with Crippen molar-refractivity contribution in [3.8, 4) is 11.5 Å². The lowest BCUT2D eigenvalue weighted by atomic mass is 10.2. The first-order valence-corrected chi connectivity index (χ1v) is 8.70. The molecule has 10 nitrogen and oxygen atoms in total. The average molecular weight is 401 g/mol. The van der Waals surface area contributed by atoms with Crippen molar-refractivity contribution in [2.75, 3.05) is 20.3 Å². The maximum atomic E-state index is 12.4. The fraction of sp³-hybridized carbons (Fsp3) is 0.263. The van der Waals surface area contributed by atoms with Crippen molar-refractivity contribution < 1.29 is 24.2 Å². The van der Waals surface area contributed by atoms with Gasteiger partial charge in [0.2, 0.25) is 0 Å². The molecule has 0 atom stereocenters. The number of carboxylic acids is 1. The van der Waals surface area contributed by atoms with Gasteiger partial charge in [-0.15, -0.1) is 0 Å². The van der Waals surface area contributed by atoms with Crippen LogP contribution in [-0.4, -0.2) is 51.6 Å². The molecule has 0 saturated carbocycles. The van der Waals surface area contributed by atoms with E-state index in [1.54, 1.807) is 50.1 Å². The number of rotatable bonds is 7. The molecule has 0 unspecified atom stereocenters. The fourth-order valence-electron chi connectivity index (χ4n) is 2.40. The van der Waals surface area contributed by atoms with Gasteiger partial charge in [-0.1, -0.05) is 0 Å². The first-order valence-electron chi connectivity index (χ1n) is 8.70. The van der Waals surface area contributed by atoms with Gasteiger partial charge in [-0.25, -0.2) is 4.98 Å². The van der Waals surface area contributed by atoms with Gasteiger partial charge in [0.15, 0.2) is 17.1 Å². The number of nitrogens with zero attached hydrogens (tertiary/aromatic N) is 3. The number of carbonyl (C=O) groups is 2. The third-order valence-corrected chi connectivity index (χ3v) is 3.63. The monoisotopic (exact) mass is 401 g/mol. The van der Waals surface area contributed by atoms with Crippen molar-refractivity contribution in [1.29, 1.82) is 0 Å². The standard InChI is InChI=1S/C17H19N5O3.C2H4O2/c1-24-14-3-2-12(8-15(14)25-7-4-18)17(23)21-10-13-9-20-16-11-19-5-6-22(13)16;1-2(3)4/h2-3,5-6,8-9,11H,4,7,10,18H2,1H3,(H,21,23);1H3,(H,3,4). The van der Waals surface area contributed by atoms with Crippen molar-refractivity contribution in [2.45, 2.75) is 13.5 Å². The molecule has 0 aliphatic heterocycles. The molecule has 3 aromatic rings. The highest BCUT2D eigenvalue weighted by Crippen LogP contribution is 2.28. The summed E-state index contributed by atoms with van der Waals surface area (Å²) in [7, 11) is 1.55. The van der Waals surface area contributed by atoms with Gasteiger partial charge in [-0.05, 0) is 18.2 Å². The summed E-state index contributed by atoms with van der Waals surface area (Å²) in [4.78, 5) is 29.7. The number of hydrogen-bond donors (Lipinski definition) is 3. The molecular formula is C19H23N5O5. The van der Waals surface area contributed by atoms with Crippen LogP contribution in [-0.2, 0) is 11.3 Å². The number of fused-ring (bicyclic) bond motifs is 1. The predicted octanol–water partition coefficient (Wildman–Crippen LogP) is 1.10. The predicted molar refractivity (Wildman–Crippen MR) is 105 cm³/mol. The zero-order valence-corrected chi connectivity index (χ0v) is 16.2. The highest BCUT2D eigenvalue weighted by molar-refractivity contribution is 5.94. The SMILES string of the molecule is CC(=O)O.COc1ccc(C(=O)NCc2cnc3cnccn23)cc1OCCN. The van der Waals surface area contributed by atoms with Gasteiger partial charge in [0.25, 0.3) is 11.9 Å². The van der Waals surface area contributed by atoms with E-state index < -0.39 is 5.97 Å². The molecule has 1 amide bonds. The molecular weight excluding hydrogens is 378 g/mol. The number of amides is 1. The largest absolute Gasteiger partial charge is 0.493 e. The molecule has 10 heteroatoms. The summed E-state index contributed by atoms with van der Waals surface area (Å²) in [5.74, 6) is -0.00924. The molecule has 0 spiro atoms. The highest BCUT2D eigenvalue weighted by atomic mass is 16.5. The van der Waals surface area contributed by atoms with Gasteiger partial charge >= 0.3 is 0 Å². The summed E-state index contributed by atoms with van der Waals surface area (Å²) < 4.78 is 12.6. The van der Waals surface area contributed by atoms with Crippen LogP contribution in [0.1, 0.15) is 23.0 Å². The lowest BCUT2D eigenvalue weighted by Gasteiger charge is -2.12. The van der Waals surface area contributed by atoms with E-state index in [0.717, 1.165) is 18.3 Å². The average Bonchev–Trinajstić information content (AvgIpc) is 3.13. The Balaban J connectivity index is 0.000000687. The van der Waals surface area contributed by atoms with Gasteiger partial charge in [-0.2, -0.15) is 0 Å².